The van der Waals surface area contributed by atoms with Gasteiger partial charge in [-0.1, -0.05) is 12.1 Å². The largest absolute Gasteiger partial charge is 0.463 e. The summed E-state index contributed by atoms with van der Waals surface area (Å²) in [5.41, 5.74) is -0.545. The molecule has 1 aromatic rings. The first-order chi connectivity index (χ1) is 8.88. The number of nitrogens with zero attached hydrogens (tertiary/aromatic N) is 1. The average Bonchev–Trinajstić information content (AvgIpc) is 2.37. The van der Waals surface area contributed by atoms with Crippen LogP contribution in [0.5, 0.6) is 0 Å². The molecular weight excluding hydrogens is 274 g/mol. The highest BCUT2D eigenvalue weighted by molar-refractivity contribution is 7.94. The molecule has 0 radical (unpaired) electrons. The van der Waals surface area contributed by atoms with E-state index in [9.17, 15) is 23.3 Å². The van der Waals surface area contributed by atoms with Crippen molar-refractivity contribution in [3.63, 3.8) is 0 Å². The van der Waals surface area contributed by atoms with Crippen LogP contribution in [0.1, 0.15) is 6.92 Å². The van der Waals surface area contributed by atoms with Crippen LogP contribution in [-0.4, -0.2) is 25.9 Å². The zero-order valence-corrected chi connectivity index (χ0v) is 10.8. The number of benzene rings is 1. The van der Waals surface area contributed by atoms with E-state index in [4.69, 9.17) is 0 Å². The van der Waals surface area contributed by atoms with E-state index in [0.717, 1.165) is 18.2 Å². The average molecular weight is 285 g/mol. The summed E-state index contributed by atoms with van der Waals surface area (Å²) in [6.45, 7) is 1.68. The van der Waals surface area contributed by atoms with Gasteiger partial charge in [-0.25, -0.2) is 13.2 Å². The maximum atomic E-state index is 11.9. The molecule has 0 amide bonds. The highest BCUT2D eigenvalue weighted by atomic mass is 32.2. The van der Waals surface area contributed by atoms with E-state index in [0.29, 0.717) is 5.41 Å². The maximum Gasteiger partial charge on any atom is 0.331 e. The van der Waals surface area contributed by atoms with Crippen LogP contribution in [0.2, 0.25) is 0 Å². The lowest BCUT2D eigenvalue weighted by atomic mass is 10.3. The van der Waals surface area contributed by atoms with Crippen molar-refractivity contribution in [1.82, 2.24) is 0 Å². The summed E-state index contributed by atoms with van der Waals surface area (Å²) in [4.78, 5) is 20.5. The van der Waals surface area contributed by atoms with Gasteiger partial charge in [0.25, 0.3) is 5.69 Å². The fourth-order valence-corrected chi connectivity index (χ4v) is 2.40. The van der Waals surface area contributed by atoms with Gasteiger partial charge in [-0.3, -0.25) is 10.1 Å². The Labute approximate surface area is 109 Å². The third-order valence-electron chi connectivity index (χ3n) is 2.04. The minimum absolute atomic E-state index is 0.106. The molecule has 0 bridgehead atoms. The second kappa shape index (κ2) is 6.10. The topological polar surface area (TPSA) is 104 Å². The lowest BCUT2D eigenvalue weighted by molar-refractivity contribution is -0.387. The molecule has 0 aliphatic heterocycles. The van der Waals surface area contributed by atoms with E-state index in [2.05, 4.69) is 4.74 Å². The van der Waals surface area contributed by atoms with Crippen molar-refractivity contribution in [3.8, 4) is 0 Å². The van der Waals surface area contributed by atoms with Crippen LogP contribution in [-0.2, 0) is 19.4 Å². The van der Waals surface area contributed by atoms with Crippen molar-refractivity contribution in [1.29, 1.82) is 0 Å². The van der Waals surface area contributed by atoms with Crippen LogP contribution in [0.15, 0.2) is 40.6 Å². The molecule has 0 atom stereocenters. The molecular formula is C11H11NO6S. The smallest absolute Gasteiger partial charge is 0.331 e. The standard InChI is InChI=1S/C11H11NO6S/c1-2-18-11(13)7-8-19(16,17)10-6-4-3-5-9(10)12(14)15/h3-8H,2H2,1H3/b8-7+. The molecule has 8 heteroatoms. The van der Waals surface area contributed by atoms with Gasteiger partial charge >= 0.3 is 5.97 Å². The van der Waals surface area contributed by atoms with E-state index in [1.54, 1.807) is 6.92 Å². The van der Waals surface area contributed by atoms with Gasteiger partial charge in [0.05, 0.1) is 11.5 Å². The van der Waals surface area contributed by atoms with E-state index in [1.165, 1.54) is 12.1 Å². The summed E-state index contributed by atoms with van der Waals surface area (Å²) in [7, 11) is -4.07. The number of rotatable bonds is 5. The molecule has 0 unspecified atom stereocenters. The lowest BCUT2D eigenvalue weighted by Crippen LogP contribution is -2.04. The summed E-state index contributed by atoms with van der Waals surface area (Å²) < 4.78 is 28.3. The van der Waals surface area contributed by atoms with Crippen LogP contribution in [0.3, 0.4) is 0 Å². The van der Waals surface area contributed by atoms with Crippen LogP contribution < -0.4 is 0 Å². The van der Waals surface area contributed by atoms with Gasteiger partial charge in [0.15, 0.2) is 0 Å². The number of nitro groups is 1. The van der Waals surface area contributed by atoms with Crippen molar-refractivity contribution in [3.05, 3.63) is 45.9 Å². The molecule has 0 heterocycles. The van der Waals surface area contributed by atoms with Gasteiger partial charge < -0.3 is 4.74 Å². The molecule has 1 aromatic carbocycles. The molecule has 102 valence electrons. The number of carbonyl (C=O) groups excluding carboxylic acids is 1. The third-order valence-corrected chi connectivity index (χ3v) is 3.49. The zero-order chi connectivity index (χ0) is 14.5. The second-order valence-corrected chi connectivity index (χ2v) is 5.13. The fraction of sp³-hybridized carbons (Fsp3) is 0.182. The predicted molar refractivity (Wildman–Crippen MR) is 66.1 cm³/mol. The Bertz CT molecular complexity index is 620. The Kier molecular flexibility index (Phi) is 4.76. The van der Waals surface area contributed by atoms with Gasteiger partial charge in [0, 0.05) is 17.6 Å². The van der Waals surface area contributed by atoms with Gasteiger partial charge in [-0.05, 0) is 13.0 Å². The highest BCUT2D eigenvalue weighted by Crippen LogP contribution is 2.24. The summed E-state index contributed by atoms with van der Waals surface area (Å²) in [5, 5.41) is 11.3. The van der Waals surface area contributed by atoms with E-state index < -0.39 is 31.3 Å². The van der Waals surface area contributed by atoms with Gasteiger partial charge in [-0.15, -0.1) is 0 Å². The molecule has 7 nitrogen and oxygen atoms in total. The van der Waals surface area contributed by atoms with Gasteiger partial charge in [-0.2, -0.15) is 0 Å². The quantitative estimate of drug-likeness (QED) is 0.351. The molecule has 0 fully saturated rings. The van der Waals surface area contributed by atoms with E-state index >= 15 is 0 Å². The number of hydrogen-bond acceptors (Lipinski definition) is 6. The Morgan fingerprint density at radius 1 is 1.42 bits per heavy atom. The summed E-state index contributed by atoms with van der Waals surface area (Å²) in [5.74, 6) is -0.829. The van der Waals surface area contributed by atoms with Crippen LogP contribution >= 0.6 is 0 Å². The predicted octanol–water partition coefficient (Wildman–Crippen LogP) is 1.45. The maximum absolute atomic E-state index is 11.9. The van der Waals surface area contributed by atoms with Crippen LogP contribution in [0.25, 0.3) is 0 Å². The Morgan fingerprint density at radius 2 is 2.05 bits per heavy atom. The minimum Gasteiger partial charge on any atom is -0.463 e. The van der Waals surface area contributed by atoms with E-state index in [1.807, 2.05) is 0 Å². The Balaban J connectivity index is 3.15. The molecule has 1 rings (SSSR count). The first-order valence-electron chi connectivity index (χ1n) is 5.22. The lowest BCUT2D eigenvalue weighted by Gasteiger charge is -2.00. The van der Waals surface area contributed by atoms with Crippen molar-refractivity contribution >= 4 is 21.5 Å². The monoisotopic (exact) mass is 285 g/mol. The number of ether oxygens (including phenoxy) is 1. The summed E-state index contributed by atoms with van der Waals surface area (Å²) in [6.07, 6.45) is 0.718. The van der Waals surface area contributed by atoms with Gasteiger partial charge in [0.1, 0.15) is 4.90 Å². The zero-order valence-electron chi connectivity index (χ0n) is 9.98. The fourth-order valence-electron chi connectivity index (χ4n) is 1.26. The Hall–Kier alpha value is -2.22. The minimum atomic E-state index is -4.07. The molecule has 0 saturated carbocycles. The van der Waals surface area contributed by atoms with Crippen molar-refractivity contribution in [2.75, 3.05) is 6.61 Å². The number of para-hydroxylation sites is 1. The van der Waals surface area contributed by atoms with E-state index in [-0.39, 0.29) is 6.61 Å². The van der Waals surface area contributed by atoms with Crippen LogP contribution in [0.4, 0.5) is 5.69 Å². The molecule has 0 aliphatic carbocycles. The molecule has 0 saturated heterocycles. The number of nitro benzene ring substituents is 1. The second-order valence-electron chi connectivity index (χ2n) is 3.32. The third kappa shape index (κ3) is 3.88. The van der Waals surface area contributed by atoms with Crippen LogP contribution in [0, 0.1) is 10.1 Å². The summed E-state index contributed by atoms with van der Waals surface area (Å²) in [6, 6.07) is 4.89. The summed E-state index contributed by atoms with van der Waals surface area (Å²) >= 11 is 0. The normalized spacial score (nSPS) is 11.4. The number of carbonyl (C=O) groups is 1. The molecule has 19 heavy (non-hydrogen) atoms. The number of sulfone groups is 1. The number of hydrogen-bond donors (Lipinski definition) is 0. The molecule has 0 aliphatic rings. The number of esters is 1. The molecule has 0 N–H and O–H groups in total. The first-order valence-corrected chi connectivity index (χ1v) is 6.76. The molecule has 0 spiro atoms. The SMILES string of the molecule is CCOC(=O)/C=C/S(=O)(=O)c1ccccc1[N+](=O)[O-]. The van der Waals surface area contributed by atoms with Crippen molar-refractivity contribution in [2.24, 2.45) is 0 Å². The van der Waals surface area contributed by atoms with Gasteiger partial charge in [0.2, 0.25) is 9.84 Å². The first kappa shape index (κ1) is 14.8. The van der Waals surface area contributed by atoms with Crippen molar-refractivity contribution in [2.45, 2.75) is 11.8 Å². The van der Waals surface area contributed by atoms with Crippen molar-refractivity contribution < 1.29 is 22.9 Å². The molecule has 0 aromatic heterocycles. The highest BCUT2D eigenvalue weighted by Gasteiger charge is 2.23. The Morgan fingerprint density at radius 3 is 2.63 bits per heavy atom.